The molecule has 1 N–H and O–H groups in total. The number of hydrogen-bond acceptors (Lipinski definition) is 1. The zero-order valence-corrected chi connectivity index (χ0v) is 8.14. The van der Waals surface area contributed by atoms with Crippen LogP contribution >= 0.6 is 0 Å². The van der Waals surface area contributed by atoms with Crippen LogP contribution < -0.4 is 5.56 Å². The number of aromatic nitrogens is 1. The first-order valence-electron chi connectivity index (χ1n) is 4.26. The smallest absolute Gasteiger partial charge is 0.264 e. The molecule has 2 nitrogen and oxygen atoms in total. The Morgan fingerprint density at radius 2 is 2.15 bits per heavy atom. The number of rotatable bonds is 1. The second-order valence-corrected chi connectivity index (χ2v) is 3.41. The molecule has 2 heteroatoms. The minimum Gasteiger partial charge on any atom is -0.325 e. The van der Waals surface area contributed by atoms with Crippen LogP contribution in [0.1, 0.15) is 36.6 Å². The number of aromatic amines is 1. The van der Waals surface area contributed by atoms with E-state index in [0.29, 0.717) is 5.56 Å². The van der Waals surface area contributed by atoms with E-state index in [4.69, 9.17) is 6.42 Å². The van der Waals surface area contributed by atoms with Crippen LogP contribution in [0.5, 0.6) is 0 Å². The third-order valence-electron chi connectivity index (χ3n) is 1.96. The number of terminal acetylenes is 1. The topological polar surface area (TPSA) is 32.9 Å². The van der Waals surface area contributed by atoms with Gasteiger partial charge in [-0.05, 0) is 24.5 Å². The summed E-state index contributed by atoms with van der Waals surface area (Å²) in [5, 5.41) is 0. The lowest BCUT2D eigenvalue weighted by Gasteiger charge is -2.08. The van der Waals surface area contributed by atoms with Crippen LogP contribution in [-0.4, -0.2) is 4.98 Å². The number of nitrogens with one attached hydrogen (secondary N) is 1. The van der Waals surface area contributed by atoms with E-state index in [2.05, 4.69) is 10.9 Å². The van der Waals surface area contributed by atoms with Crippen molar-refractivity contribution in [1.82, 2.24) is 4.98 Å². The van der Waals surface area contributed by atoms with Crippen molar-refractivity contribution in [3.8, 4) is 12.3 Å². The van der Waals surface area contributed by atoms with E-state index in [-0.39, 0.29) is 11.5 Å². The van der Waals surface area contributed by atoms with Crippen molar-refractivity contribution in [2.24, 2.45) is 0 Å². The van der Waals surface area contributed by atoms with Crippen LogP contribution in [0.15, 0.2) is 10.9 Å². The summed E-state index contributed by atoms with van der Waals surface area (Å²) in [6.07, 6.45) is 5.27. The standard InChI is InChI=1S/C11H13NO/c1-5-9-10(7(2)3)6-8(4)12-11(9)13/h1,6-7H,2-4H3,(H,12,13). The third kappa shape index (κ3) is 1.81. The molecule has 0 radical (unpaired) electrons. The molecule has 0 fully saturated rings. The maximum absolute atomic E-state index is 11.4. The van der Waals surface area contributed by atoms with Gasteiger partial charge in [-0.3, -0.25) is 4.79 Å². The molecule has 0 aliphatic carbocycles. The van der Waals surface area contributed by atoms with Crippen molar-refractivity contribution < 1.29 is 0 Å². The van der Waals surface area contributed by atoms with E-state index in [0.717, 1.165) is 11.3 Å². The van der Waals surface area contributed by atoms with Crippen LogP contribution in [0.2, 0.25) is 0 Å². The molecule has 0 saturated heterocycles. The average molecular weight is 175 g/mol. The Morgan fingerprint density at radius 3 is 2.62 bits per heavy atom. The molecule has 68 valence electrons. The summed E-state index contributed by atoms with van der Waals surface area (Å²) in [5.41, 5.74) is 2.10. The molecule has 0 aliphatic rings. The highest BCUT2D eigenvalue weighted by Crippen LogP contribution is 2.16. The van der Waals surface area contributed by atoms with E-state index < -0.39 is 0 Å². The zero-order valence-electron chi connectivity index (χ0n) is 8.14. The lowest BCUT2D eigenvalue weighted by Crippen LogP contribution is -2.15. The van der Waals surface area contributed by atoms with Gasteiger partial charge >= 0.3 is 0 Å². The number of pyridine rings is 1. The summed E-state index contributed by atoms with van der Waals surface area (Å²) in [4.78, 5) is 14.1. The quantitative estimate of drug-likeness (QED) is 0.648. The third-order valence-corrected chi connectivity index (χ3v) is 1.96. The van der Waals surface area contributed by atoms with Crippen LogP contribution in [0.3, 0.4) is 0 Å². The Labute approximate surface area is 78.0 Å². The first-order chi connectivity index (χ1) is 6.06. The van der Waals surface area contributed by atoms with Crippen molar-refractivity contribution in [2.75, 3.05) is 0 Å². The summed E-state index contributed by atoms with van der Waals surface area (Å²) in [7, 11) is 0. The Bertz CT molecular complexity index is 407. The lowest BCUT2D eigenvalue weighted by molar-refractivity contribution is 0.850. The number of H-pyrrole nitrogens is 1. The summed E-state index contributed by atoms with van der Waals surface area (Å²) >= 11 is 0. The molecule has 0 spiro atoms. The monoisotopic (exact) mass is 175 g/mol. The molecule has 0 aromatic carbocycles. The van der Waals surface area contributed by atoms with Crippen LogP contribution in [-0.2, 0) is 0 Å². The minimum atomic E-state index is -0.161. The molecule has 0 atom stereocenters. The first-order valence-corrected chi connectivity index (χ1v) is 4.26. The van der Waals surface area contributed by atoms with Crippen molar-refractivity contribution in [3.05, 3.63) is 33.2 Å². The molecule has 1 heterocycles. The van der Waals surface area contributed by atoms with Gasteiger partial charge in [0.05, 0.1) is 5.56 Å². The SMILES string of the molecule is C#Cc1c(C(C)C)cc(C)[nH]c1=O. The van der Waals surface area contributed by atoms with Crippen molar-refractivity contribution >= 4 is 0 Å². The van der Waals surface area contributed by atoms with Gasteiger partial charge in [-0.25, -0.2) is 0 Å². The first kappa shape index (κ1) is 9.60. The Hall–Kier alpha value is -1.49. The average Bonchev–Trinajstić information content (AvgIpc) is 2.02. The van der Waals surface area contributed by atoms with Crippen LogP contribution in [0, 0.1) is 19.3 Å². The molecular formula is C11H13NO. The maximum Gasteiger partial charge on any atom is 0.264 e. The molecule has 0 amide bonds. The van der Waals surface area contributed by atoms with Gasteiger partial charge in [0.1, 0.15) is 0 Å². The fourth-order valence-corrected chi connectivity index (χ4v) is 1.32. The summed E-state index contributed by atoms with van der Waals surface area (Å²) < 4.78 is 0. The zero-order chi connectivity index (χ0) is 10.0. The van der Waals surface area contributed by atoms with Gasteiger partial charge in [0.15, 0.2) is 0 Å². The van der Waals surface area contributed by atoms with Crippen LogP contribution in [0.25, 0.3) is 0 Å². The lowest BCUT2D eigenvalue weighted by atomic mass is 9.98. The molecule has 0 saturated carbocycles. The van der Waals surface area contributed by atoms with Gasteiger partial charge in [0.2, 0.25) is 0 Å². The molecule has 13 heavy (non-hydrogen) atoms. The van der Waals surface area contributed by atoms with Crippen molar-refractivity contribution in [3.63, 3.8) is 0 Å². The number of aryl methyl sites for hydroxylation is 1. The second-order valence-electron chi connectivity index (χ2n) is 3.41. The molecule has 1 aromatic heterocycles. The summed E-state index contributed by atoms with van der Waals surface area (Å²) in [6.45, 7) is 5.90. The highest BCUT2D eigenvalue weighted by atomic mass is 16.1. The summed E-state index contributed by atoms with van der Waals surface area (Å²) in [5.74, 6) is 2.71. The van der Waals surface area contributed by atoms with Gasteiger partial charge in [-0.1, -0.05) is 19.8 Å². The second kappa shape index (κ2) is 3.49. The van der Waals surface area contributed by atoms with Gasteiger partial charge < -0.3 is 4.98 Å². The van der Waals surface area contributed by atoms with Crippen LogP contribution in [0.4, 0.5) is 0 Å². The van der Waals surface area contributed by atoms with Gasteiger partial charge in [-0.15, -0.1) is 6.42 Å². The molecular weight excluding hydrogens is 162 g/mol. The van der Waals surface area contributed by atoms with E-state index in [1.807, 2.05) is 26.8 Å². The number of hydrogen-bond donors (Lipinski definition) is 1. The molecule has 0 aliphatic heterocycles. The normalized spacial score (nSPS) is 10.1. The van der Waals surface area contributed by atoms with Crippen molar-refractivity contribution in [2.45, 2.75) is 26.7 Å². The summed E-state index contributed by atoms with van der Waals surface area (Å²) in [6, 6.07) is 1.93. The molecule has 0 bridgehead atoms. The molecule has 1 rings (SSSR count). The fourth-order valence-electron chi connectivity index (χ4n) is 1.32. The van der Waals surface area contributed by atoms with E-state index in [9.17, 15) is 4.79 Å². The predicted octanol–water partition coefficient (Wildman–Crippen LogP) is 1.79. The highest BCUT2D eigenvalue weighted by molar-refractivity contribution is 5.40. The minimum absolute atomic E-state index is 0.161. The largest absolute Gasteiger partial charge is 0.325 e. The maximum atomic E-state index is 11.4. The molecule has 0 unspecified atom stereocenters. The van der Waals surface area contributed by atoms with E-state index in [1.54, 1.807) is 0 Å². The van der Waals surface area contributed by atoms with E-state index >= 15 is 0 Å². The van der Waals surface area contributed by atoms with Gasteiger partial charge in [0.25, 0.3) is 5.56 Å². The predicted molar refractivity (Wildman–Crippen MR) is 53.8 cm³/mol. The van der Waals surface area contributed by atoms with Gasteiger partial charge in [-0.2, -0.15) is 0 Å². The van der Waals surface area contributed by atoms with Gasteiger partial charge in [0, 0.05) is 5.69 Å². The molecule has 1 aromatic rings. The fraction of sp³-hybridized carbons (Fsp3) is 0.364. The Morgan fingerprint density at radius 1 is 1.54 bits per heavy atom. The highest BCUT2D eigenvalue weighted by Gasteiger charge is 2.08. The Balaban J connectivity index is 3.50. The Kier molecular flexibility index (Phi) is 2.57. The van der Waals surface area contributed by atoms with Crippen molar-refractivity contribution in [1.29, 1.82) is 0 Å². The van der Waals surface area contributed by atoms with E-state index in [1.165, 1.54) is 0 Å².